The summed E-state index contributed by atoms with van der Waals surface area (Å²) in [6.45, 7) is 0. The topological polar surface area (TPSA) is 4.93 Å². The molecule has 55 heavy (non-hydrogen) atoms. The van der Waals surface area contributed by atoms with E-state index in [2.05, 4.69) is 217 Å². The van der Waals surface area contributed by atoms with Crippen molar-refractivity contribution in [3.63, 3.8) is 0 Å². The predicted molar refractivity (Wildman–Crippen MR) is 235 cm³/mol. The maximum atomic E-state index is 2.43. The molecule has 0 aliphatic heterocycles. The van der Waals surface area contributed by atoms with Gasteiger partial charge in [-0.25, -0.2) is 0 Å². The smallest absolute Gasteiger partial charge is 0.0541 e. The van der Waals surface area contributed by atoms with Crippen molar-refractivity contribution in [2.45, 2.75) is 0 Å². The molecule has 0 unspecified atom stereocenters. The van der Waals surface area contributed by atoms with Crippen LogP contribution in [-0.2, 0) is 0 Å². The molecular formula is C54H35N. The van der Waals surface area contributed by atoms with Gasteiger partial charge in [0.15, 0.2) is 0 Å². The van der Waals surface area contributed by atoms with Crippen molar-refractivity contribution in [3.05, 3.63) is 212 Å². The van der Waals surface area contributed by atoms with Crippen molar-refractivity contribution in [1.29, 1.82) is 0 Å². The van der Waals surface area contributed by atoms with Crippen LogP contribution in [0.2, 0.25) is 0 Å². The predicted octanol–water partition coefficient (Wildman–Crippen LogP) is 14.9. The monoisotopic (exact) mass is 697 g/mol. The van der Waals surface area contributed by atoms with Gasteiger partial charge in [-0.2, -0.15) is 0 Å². The molecule has 0 saturated heterocycles. The summed E-state index contributed by atoms with van der Waals surface area (Å²) in [5.74, 6) is 0. The number of benzene rings is 10. The Labute approximate surface area is 320 Å². The van der Waals surface area contributed by atoms with Crippen molar-refractivity contribution >= 4 is 54.1 Å². The summed E-state index contributed by atoms with van der Waals surface area (Å²) < 4.78 is 2.43. The fourth-order valence-electron chi connectivity index (χ4n) is 8.71. The fourth-order valence-corrected chi connectivity index (χ4v) is 8.71. The van der Waals surface area contributed by atoms with E-state index in [0.717, 1.165) is 5.69 Å². The summed E-state index contributed by atoms with van der Waals surface area (Å²) in [4.78, 5) is 0. The molecule has 1 aromatic heterocycles. The Morgan fingerprint density at radius 3 is 1.11 bits per heavy atom. The molecule has 1 heterocycles. The van der Waals surface area contributed by atoms with Crippen molar-refractivity contribution < 1.29 is 0 Å². The van der Waals surface area contributed by atoms with Gasteiger partial charge < -0.3 is 4.57 Å². The third-order valence-electron chi connectivity index (χ3n) is 11.4. The highest BCUT2D eigenvalue weighted by Gasteiger charge is 2.16. The van der Waals surface area contributed by atoms with Crippen LogP contribution in [0.25, 0.3) is 104 Å². The van der Waals surface area contributed by atoms with E-state index in [0.29, 0.717) is 0 Å². The summed E-state index contributed by atoms with van der Waals surface area (Å²) in [5, 5.41) is 10.3. The van der Waals surface area contributed by atoms with Crippen molar-refractivity contribution in [1.82, 2.24) is 4.57 Å². The van der Waals surface area contributed by atoms with E-state index in [1.165, 1.54) is 98.6 Å². The highest BCUT2D eigenvalue weighted by atomic mass is 15.0. The first kappa shape index (κ1) is 31.3. The van der Waals surface area contributed by atoms with Crippen LogP contribution in [0.15, 0.2) is 212 Å². The van der Waals surface area contributed by atoms with E-state index < -0.39 is 0 Å². The van der Waals surface area contributed by atoms with Crippen LogP contribution < -0.4 is 0 Å². The van der Waals surface area contributed by atoms with Crippen LogP contribution in [0.4, 0.5) is 0 Å². The Balaban J connectivity index is 1.04. The van der Waals surface area contributed by atoms with E-state index >= 15 is 0 Å². The zero-order valence-corrected chi connectivity index (χ0v) is 30.2. The molecule has 0 spiro atoms. The van der Waals surface area contributed by atoms with Gasteiger partial charge in [-0.3, -0.25) is 0 Å². The number of fused-ring (bicyclic) bond motifs is 9. The van der Waals surface area contributed by atoms with Gasteiger partial charge in [-0.05, 0) is 125 Å². The SMILES string of the molecule is c1ccc(-c2ccc3c(c2)c2cc(-c4ccccc4)ccc2n3-c2cccc(-c3cccc(-c4ccc5c6ccccc6c6ccccc6c5c4)c3)c2)cc1. The molecule has 0 radical (unpaired) electrons. The average Bonchev–Trinajstić information content (AvgIpc) is 3.60. The lowest BCUT2D eigenvalue weighted by atomic mass is 9.91. The lowest BCUT2D eigenvalue weighted by molar-refractivity contribution is 1.18. The molecule has 0 amide bonds. The van der Waals surface area contributed by atoms with Crippen LogP contribution in [0, 0.1) is 0 Å². The molecule has 1 heteroatoms. The molecule has 1 nitrogen and oxygen atoms in total. The van der Waals surface area contributed by atoms with Crippen molar-refractivity contribution in [3.8, 4) is 50.2 Å². The van der Waals surface area contributed by atoms with Gasteiger partial charge in [-0.15, -0.1) is 0 Å². The fraction of sp³-hybridized carbons (Fsp3) is 0. The second-order valence-corrected chi connectivity index (χ2v) is 14.5. The second kappa shape index (κ2) is 12.7. The first-order valence-electron chi connectivity index (χ1n) is 19.0. The molecule has 11 aromatic rings. The molecule has 0 aliphatic carbocycles. The lowest BCUT2D eigenvalue weighted by Gasteiger charge is -2.13. The Hall–Kier alpha value is -7.22. The number of nitrogens with zero attached hydrogens (tertiary/aromatic N) is 1. The summed E-state index contributed by atoms with van der Waals surface area (Å²) in [6, 6.07) is 77.7. The standard InChI is InChI=1S/C54H35N/c1-3-13-36(14-4-1)41-26-29-53-51(34-41)52-35-42(37-15-5-2-6-16-37)27-30-54(52)55(53)44-20-12-19-40(32-44)38-17-11-18-39(31-38)43-25-28-49-47-23-8-7-21-45(47)46-22-9-10-24-48(46)50(49)33-43/h1-35H. The van der Waals surface area contributed by atoms with Crippen LogP contribution in [0.1, 0.15) is 0 Å². The summed E-state index contributed by atoms with van der Waals surface area (Å²) in [7, 11) is 0. The molecule has 11 rings (SSSR count). The molecule has 0 bridgehead atoms. The van der Waals surface area contributed by atoms with Gasteiger partial charge in [0.25, 0.3) is 0 Å². The first-order chi connectivity index (χ1) is 27.3. The van der Waals surface area contributed by atoms with Gasteiger partial charge in [0.1, 0.15) is 0 Å². The summed E-state index contributed by atoms with van der Waals surface area (Å²) in [5.41, 5.74) is 13.2. The second-order valence-electron chi connectivity index (χ2n) is 14.5. The highest BCUT2D eigenvalue weighted by molar-refractivity contribution is 6.25. The highest BCUT2D eigenvalue weighted by Crippen LogP contribution is 2.40. The molecule has 0 saturated carbocycles. The van der Waals surface area contributed by atoms with Gasteiger partial charge in [0.2, 0.25) is 0 Å². The Morgan fingerprint density at radius 1 is 0.200 bits per heavy atom. The maximum Gasteiger partial charge on any atom is 0.0541 e. The molecular weight excluding hydrogens is 663 g/mol. The van der Waals surface area contributed by atoms with Crippen LogP contribution in [-0.4, -0.2) is 4.57 Å². The Bertz CT molecular complexity index is 3110. The van der Waals surface area contributed by atoms with Crippen LogP contribution >= 0.6 is 0 Å². The van der Waals surface area contributed by atoms with E-state index in [1.54, 1.807) is 0 Å². The number of rotatable bonds is 5. The molecule has 10 aromatic carbocycles. The van der Waals surface area contributed by atoms with E-state index in [-0.39, 0.29) is 0 Å². The first-order valence-corrected chi connectivity index (χ1v) is 19.0. The van der Waals surface area contributed by atoms with Crippen LogP contribution in [0.3, 0.4) is 0 Å². The molecule has 0 fully saturated rings. The van der Waals surface area contributed by atoms with Crippen molar-refractivity contribution in [2.24, 2.45) is 0 Å². The average molecular weight is 698 g/mol. The number of hydrogen-bond donors (Lipinski definition) is 0. The van der Waals surface area contributed by atoms with E-state index in [4.69, 9.17) is 0 Å². The number of aromatic nitrogens is 1. The normalized spacial score (nSPS) is 11.6. The summed E-state index contributed by atoms with van der Waals surface area (Å²) in [6.07, 6.45) is 0. The summed E-state index contributed by atoms with van der Waals surface area (Å²) >= 11 is 0. The van der Waals surface area contributed by atoms with E-state index in [1.807, 2.05) is 0 Å². The molecule has 0 N–H and O–H groups in total. The minimum Gasteiger partial charge on any atom is -0.309 e. The zero-order chi connectivity index (χ0) is 36.3. The molecule has 0 aliphatic rings. The minimum atomic E-state index is 1.15. The minimum absolute atomic E-state index is 1.15. The zero-order valence-electron chi connectivity index (χ0n) is 30.2. The third kappa shape index (κ3) is 5.24. The van der Waals surface area contributed by atoms with E-state index in [9.17, 15) is 0 Å². The quantitative estimate of drug-likeness (QED) is 0.158. The van der Waals surface area contributed by atoms with Crippen molar-refractivity contribution in [2.75, 3.05) is 0 Å². The molecule has 0 atom stereocenters. The lowest BCUT2D eigenvalue weighted by Crippen LogP contribution is -1.94. The van der Waals surface area contributed by atoms with Gasteiger partial charge >= 0.3 is 0 Å². The van der Waals surface area contributed by atoms with Crippen LogP contribution in [0.5, 0.6) is 0 Å². The molecule has 256 valence electrons. The van der Waals surface area contributed by atoms with Gasteiger partial charge in [-0.1, -0.05) is 164 Å². The number of hydrogen-bond acceptors (Lipinski definition) is 0. The van der Waals surface area contributed by atoms with Gasteiger partial charge in [0, 0.05) is 16.5 Å². The van der Waals surface area contributed by atoms with Gasteiger partial charge in [0.05, 0.1) is 11.0 Å². The Morgan fingerprint density at radius 2 is 0.564 bits per heavy atom. The Kier molecular flexibility index (Phi) is 7.25. The largest absolute Gasteiger partial charge is 0.309 e. The maximum absolute atomic E-state index is 2.43. The third-order valence-corrected chi connectivity index (χ3v) is 11.4.